The van der Waals surface area contributed by atoms with Crippen LogP contribution in [0.4, 0.5) is 0 Å². The van der Waals surface area contributed by atoms with E-state index in [9.17, 15) is 14.7 Å². The number of rotatable bonds is 3. The molecule has 0 spiro atoms. The number of ether oxygens (including phenoxy) is 1. The first-order chi connectivity index (χ1) is 7.77. The molecule has 2 aliphatic carbocycles. The van der Waals surface area contributed by atoms with Gasteiger partial charge in [0, 0.05) is 5.41 Å². The molecule has 4 heteroatoms. The first kappa shape index (κ1) is 12.4. The highest BCUT2D eigenvalue weighted by Gasteiger charge is 2.62. The predicted molar refractivity (Wildman–Crippen MR) is 58.7 cm³/mol. The van der Waals surface area contributed by atoms with Crippen LogP contribution >= 0.6 is 0 Å². The van der Waals surface area contributed by atoms with Crippen LogP contribution < -0.4 is 5.11 Å². The van der Waals surface area contributed by atoms with E-state index < -0.39 is 18.4 Å². The largest absolute Gasteiger partial charge is 0.550 e. The Hall–Kier alpha value is -1.06. The van der Waals surface area contributed by atoms with Crippen LogP contribution in [0, 0.1) is 16.7 Å². The van der Waals surface area contributed by atoms with Gasteiger partial charge < -0.3 is 14.6 Å². The average Bonchev–Trinajstić information content (AvgIpc) is 2.49. The van der Waals surface area contributed by atoms with Gasteiger partial charge in [0.1, 0.15) is 6.10 Å². The highest BCUT2D eigenvalue weighted by molar-refractivity contribution is 5.89. The summed E-state index contributed by atoms with van der Waals surface area (Å²) in [6.07, 6.45) is 2.31. The zero-order chi connectivity index (χ0) is 12.8. The second-order valence-corrected chi connectivity index (χ2v) is 6.14. The molecule has 0 aromatic heterocycles. The van der Waals surface area contributed by atoms with Crippen LogP contribution in [0.1, 0.15) is 46.5 Å². The highest BCUT2D eigenvalue weighted by atomic mass is 16.5. The van der Waals surface area contributed by atoms with Crippen molar-refractivity contribution in [2.24, 2.45) is 16.7 Å². The normalized spacial score (nSPS) is 38.1. The van der Waals surface area contributed by atoms with Gasteiger partial charge in [-0.1, -0.05) is 20.8 Å². The second-order valence-electron chi connectivity index (χ2n) is 6.14. The first-order valence-corrected chi connectivity index (χ1v) is 6.16. The van der Waals surface area contributed by atoms with E-state index >= 15 is 0 Å². The third-order valence-electron chi connectivity index (χ3n) is 5.28. The fourth-order valence-electron chi connectivity index (χ4n) is 3.63. The van der Waals surface area contributed by atoms with Gasteiger partial charge in [0.25, 0.3) is 0 Å². The molecule has 2 rings (SSSR count). The highest BCUT2D eigenvalue weighted by Crippen LogP contribution is 2.66. The number of carbonyl (C=O) groups is 2. The SMILES string of the molecule is CC1(C)[C@H]2CC[C@]1(C)[C@H](OC(=O)CC(=O)[O-])C2. The van der Waals surface area contributed by atoms with Crippen LogP contribution in [0.3, 0.4) is 0 Å². The number of aliphatic carboxylic acids is 1. The van der Waals surface area contributed by atoms with Crippen LogP contribution in [-0.4, -0.2) is 18.0 Å². The van der Waals surface area contributed by atoms with Crippen molar-refractivity contribution in [3.05, 3.63) is 0 Å². The van der Waals surface area contributed by atoms with E-state index in [4.69, 9.17) is 4.74 Å². The average molecular weight is 239 g/mol. The molecule has 2 bridgehead atoms. The molecular formula is C13H19O4-. The van der Waals surface area contributed by atoms with Crippen LogP contribution in [0.15, 0.2) is 0 Å². The minimum Gasteiger partial charge on any atom is -0.550 e. The van der Waals surface area contributed by atoms with Crippen molar-refractivity contribution in [3.63, 3.8) is 0 Å². The molecule has 0 saturated heterocycles. The zero-order valence-corrected chi connectivity index (χ0v) is 10.6. The molecule has 2 aliphatic rings. The molecule has 0 aromatic carbocycles. The van der Waals surface area contributed by atoms with Gasteiger partial charge in [-0.3, -0.25) is 4.79 Å². The van der Waals surface area contributed by atoms with Gasteiger partial charge in [-0.2, -0.15) is 0 Å². The third-order valence-corrected chi connectivity index (χ3v) is 5.28. The third kappa shape index (κ3) is 1.74. The Labute approximate surface area is 101 Å². The van der Waals surface area contributed by atoms with Crippen LogP contribution in [-0.2, 0) is 14.3 Å². The van der Waals surface area contributed by atoms with Crippen molar-refractivity contribution in [2.45, 2.75) is 52.6 Å². The Bertz CT molecular complexity index is 360. The van der Waals surface area contributed by atoms with Crippen LogP contribution in [0.5, 0.6) is 0 Å². The summed E-state index contributed by atoms with van der Waals surface area (Å²) in [5.74, 6) is -1.46. The maximum Gasteiger partial charge on any atom is 0.311 e. The number of carbonyl (C=O) groups excluding carboxylic acids is 2. The van der Waals surface area contributed by atoms with Crippen molar-refractivity contribution in [3.8, 4) is 0 Å². The van der Waals surface area contributed by atoms with Crippen molar-refractivity contribution >= 4 is 11.9 Å². The quantitative estimate of drug-likeness (QED) is 0.541. The van der Waals surface area contributed by atoms with Gasteiger partial charge in [-0.15, -0.1) is 0 Å². The molecule has 2 fully saturated rings. The van der Waals surface area contributed by atoms with E-state index in [2.05, 4.69) is 20.8 Å². The summed E-state index contributed by atoms with van der Waals surface area (Å²) in [5, 5.41) is 10.3. The van der Waals surface area contributed by atoms with E-state index in [0.29, 0.717) is 5.92 Å². The van der Waals surface area contributed by atoms with Crippen molar-refractivity contribution in [1.82, 2.24) is 0 Å². The topological polar surface area (TPSA) is 66.4 Å². The number of carboxylic acids is 1. The predicted octanol–water partition coefficient (Wildman–Crippen LogP) is 0.884. The van der Waals surface area contributed by atoms with E-state index in [1.54, 1.807) is 0 Å². The minimum atomic E-state index is -1.37. The molecule has 96 valence electrons. The van der Waals surface area contributed by atoms with Crippen molar-refractivity contribution in [2.75, 3.05) is 0 Å². The number of fused-ring (bicyclic) bond motifs is 2. The number of carboxylic acid groups (broad SMARTS) is 1. The molecular weight excluding hydrogens is 220 g/mol. The van der Waals surface area contributed by atoms with Gasteiger partial charge in [0.2, 0.25) is 0 Å². The fraction of sp³-hybridized carbons (Fsp3) is 0.846. The first-order valence-electron chi connectivity index (χ1n) is 6.16. The molecule has 3 atom stereocenters. The summed E-state index contributed by atoms with van der Waals surface area (Å²) in [6, 6.07) is 0. The standard InChI is InChI=1S/C13H20O4/c1-12(2)8-4-5-13(12,3)9(6-8)17-11(16)7-10(14)15/h8-9H,4-7H2,1-3H3,(H,14,15)/p-1/t8-,9+,13+/m0/s1. The van der Waals surface area contributed by atoms with Gasteiger partial charge in [0.15, 0.2) is 0 Å². The molecule has 4 nitrogen and oxygen atoms in total. The molecule has 0 aromatic rings. The Balaban J connectivity index is 2.06. The molecule has 2 saturated carbocycles. The summed E-state index contributed by atoms with van der Waals surface area (Å²) < 4.78 is 5.33. The smallest absolute Gasteiger partial charge is 0.311 e. The van der Waals surface area contributed by atoms with Crippen molar-refractivity contribution < 1.29 is 19.4 Å². The second kappa shape index (κ2) is 3.72. The van der Waals surface area contributed by atoms with E-state index in [0.717, 1.165) is 12.8 Å². The molecule has 17 heavy (non-hydrogen) atoms. The number of esters is 1. The number of hydrogen-bond acceptors (Lipinski definition) is 4. The van der Waals surface area contributed by atoms with E-state index in [-0.39, 0.29) is 16.9 Å². The summed E-state index contributed by atoms with van der Waals surface area (Å²) in [6.45, 7) is 6.59. The lowest BCUT2D eigenvalue weighted by Gasteiger charge is -2.38. The van der Waals surface area contributed by atoms with E-state index in [1.165, 1.54) is 6.42 Å². The summed E-state index contributed by atoms with van der Waals surface area (Å²) >= 11 is 0. The monoisotopic (exact) mass is 239 g/mol. The lowest BCUT2D eigenvalue weighted by Crippen LogP contribution is -2.39. The molecule has 0 unspecified atom stereocenters. The van der Waals surface area contributed by atoms with Crippen molar-refractivity contribution in [1.29, 1.82) is 0 Å². The molecule has 0 amide bonds. The molecule has 0 N–H and O–H groups in total. The lowest BCUT2D eigenvalue weighted by molar-refractivity contribution is -0.305. The Morgan fingerprint density at radius 3 is 2.41 bits per heavy atom. The molecule has 0 radical (unpaired) electrons. The molecule has 0 aliphatic heterocycles. The van der Waals surface area contributed by atoms with E-state index in [1.807, 2.05) is 0 Å². The van der Waals surface area contributed by atoms with Gasteiger partial charge >= 0.3 is 5.97 Å². The fourth-order valence-corrected chi connectivity index (χ4v) is 3.63. The number of hydrogen-bond donors (Lipinski definition) is 0. The maximum atomic E-state index is 11.4. The van der Waals surface area contributed by atoms with Gasteiger partial charge in [-0.25, -0.2) is 0 Å². The Morgan fingerprint density at radius 2 is 2.00 bits per heavy atom. The van der Waals surface area contributed by atoms with Gasteiger partial charge in [-0.05, 0) is 30.6 Å². The Morgan fingerprint density at radius 1 is 1.35 bits per heavy atom. The maximum absolute atomic E-state index is 11.4. The zero-order valence-electron chi connectivity index (χ0n) is 10.6. The summed E-state index contributed by atoms with van der Waals surface area (Å²) in [7, 11) is 0. The van der Waals surface area contributed by atoms with Crippen LogP contribution in [0.2, 0.25) is 0 Å². The molecule has 0 heterocycles. The van der Waals surface area contributed by atoms with Gasteiger partial charge in [0.05, 0.1) is 12.4 Å². The summed E-state index contributed by atoms with van der Waals surface area (Å²) in [4.78, 5) is 21.7. The lowest BCUT2D eigenvalue weighted by atomic mass is 9.70. The minimum absolute atomic E-state index is 0.0146. The van der Waals surface area contributed by atoms with Crippen LogP contribution in [0.25, 0.3) is 0 Å². The Kier molecular flexibility index (Phi) is 2.71. The summed E-state index contributed by atoms with van der Waals surface area (Å²) in [5.41, 5.74) is 0.151.